The predicted octanol–water partition coefficient (Wildman–Crippen LogP) is 4.17. The van der Waals surface area contributed by atoms with Crippen LogP contribution in [0.25, 0.3) is 0 Å². The SMILES string of the molecule is Cc1ccc([C@]2(C)CCCC2(C)C)cc1O. The van der Waals surface area contributed by atoms with E-state index in [1.807, 2.05) is 19.1 Å². The van der Waals surface area contributed by atoms with Crippen LogP contribution in [0.5, 0.6) is 5.75 Å². The maximum atomic E-state index is 9.85. The van der Waals surface area contributed by atoms with E-state index in [9.17, 15) is 5.11 Å². The summed E-state index contributed by atoms with van der Waals surface area (Å²) in [7, 11) is 0. The second-order valence-corrected chi connectivity index (χ2v) is 6.07. The monoisotopic (exact) mass is 218 g/mol. The number of aromatic hydroxyl groups is 1. The second-order valence-electron chi connectivity index (χ2n) is 6.07. The summed E-state index contributed by atoms with van der Waals surface area (Å²) in [5.74, 6) is 0.432. The lowest BCUT2D eigenvalue weighted by molar-refractivity contribution is 0.224. The zero-order chi connectivity index (χ0) is 12.0. The fourth-order valence-corrected chi connectivity index (χ4v) is 2.99. The van der Waals surface area contributed by atoms with E-state index in [1.165, 1.54) is 24.8 Å². The lowest BCUT2D eigenvalue weighted by Gasteiger charge is -2.39. The van der Waals surface area contributed by atoms with Crippen LogP contribution in [0, 0.1) is 12.3 Å². The van der Waals surface area contributed by atoms with Gasteiger partial charge in [0.15, 0.2) is 0 Å². The molecule has 1 N–H and O–H groups in total. The molecule has 1 saturated carbocycles. The van der Waals surface area contributed by atoms with Crippen molar-refractivity contribution in [3.63, 3.8) is 0 Å². The molecular weight excluding hydrogens is 196 g/mol. The van der Waals surface area contributed by atoms with Gasteiger partial charge in [-0.25, -0.2) is 0 Å². The van der Waals surface area contributed by atoms with Crippen molar-refractivity contribution in [3.8, 4) is 5.75 Å². The number of hydrogen-bond acceptors (Lipinski definition) is 1. The molecule has 1 aliphatic rings. The Bertz CT molecular complexity index is 406. The molecule has 1 fully saturated rings. The van der Waals surface area contributed by atoms with Gasteiger partial charge in [-0.2, -0.15) is 0 Å². The Morgan fingerprint density at radius 1 is 1.12 bits per heavy atom. The van der Waals surface area contributed by atoms with Gasteiger partial charge in [0.25, 0.3) is 0 Å². The Hall–Kier alpha value is -0.980. The standard InChI is InChI=1S/C15H22O/c1-11-6-7-12(10-13(11)16)15(4)9-5-8-14(15,2)3/h6-7,10,16H,5,8-9H2,1-4H3/t15-/m0/s1. The molecule has 1 nitrogen and oxygen atoms in total. The van der Waals surface area contributed by atoms with Crippen LogP contribution in [0.1, 0.15) is 51.2 Å². The van der Waals surface area contributed by atoms with Crippen LogP contribution in [-0.4, -0.2) is 5.11 Å². The molecule has 16 heavy (non-hydrogen) atoms. The molecule has 0 radical (unpaired) electrons. The Morgan fingerprint density at radius 3 is 2.31 bits per heavy atom. The molecule has 1 heteroatoms. The van der Waals surface area contributed by atoms with Crippen molar-refractivity contribution in [3.05, 3.63) is 29.3 Å². The van der Waals surface area contributed by atoms with Gasteiger partial charge in [0.2, 0.25) is 0 Å². The van der Waals surface area contributed by atoms with Gasteiger partial charge in [-0.3, -0.25) is 0 Å². The van der Waals surface area contributed by atoms with Crippen molar-refractivity contribution in [1.82, 2.24) is 0 Å². The first-order chi connectivity index (χ1) is 7.37. The summed E-state index contributed by atoms with van der Waals surface area (Å²) in [6.45, 7) is 8.97. The molecule has 0 unspecified atom stereocenters. The van der Waals surface area contributed by atoms with Crippen LogP contribution in [0.15, 0.2) is 18.2 Å². The summed E-state index contributed by atoms with van der Waals surface area (Å²) < 4.78 is 0. The molecule has 0 heterocycles. The molecule has 1 aliphatic carbocycles. The van der Waals surface area contributed by atoms with Crippen molar-refractivity contribution < 1.29 is 5.11 Å². The van der Waals surface area contributed by atoms with E-state index in [-0.39, 0.29) is 5.41 Å². The summed E-state index contributed by atoms with van der Waals surface area (Å²) in [6, 6.07) is 6.18. The van der Waals surface area contributed by atoms with E-state index in [0.29, 0.717) is 11.2 Å². The van der Waals surface area contributed by atoms with Gasteiger partial charge < -0.3 is 5.11 Å². The van der Waals surface area contributed by atoms with Gasteiger partial charge in [0.1, 0.15) is 5.75 Å². The first kappa shape index (κ1) is 11.5. The number of phenolic OH excluding ortho intramolecular Hbond substituents is 1. The maximum Gasteiger partial charge on any atom is 0.118 e. The predicted molar refractivity (Wildman–Crippen MR) is 67.8 cm³/mol. The van der Waals surface area contributed by atoms with Gasteiger partial charge in [-0.05, 0) is 47.8 Å². The van der Waals surface area contributed by atoms with Crippen LogP contribution in [0.3, 0.4) is 0 Å². The second kappa shape index (κ2) is 3.51. The summed E-state index contributed by atoms with van der Waals surface area (Å²) >= 11 is 0. The lowest BCUT2D eigenvalue weighted by Crippen LogP contribution is -2.33. The third kappa shape index (κ3) is 1.53. The third-order valence-corrected chi connectivity index (χ3v) is 4.82. The Morgan fingerprint density at radius 2 is 1.81 bits per heavy atom. The number of phenols is 1. The Balaban J connectivity index is 2.47. The highest BCUT2D eigenvalue weighted by atomic mass is 16.3. The normalized spacial score (nSPS) is 28.2. The molecule has 0 bridgehead atoms. The highest BCUT2D eigenvalue weighted by molar-refractivity contribution is 5.40. The minimum atomic E-state index is 0.207. The highest BCUT2D eigenvalue weighted by Gasteiger charge is 2.46. The summed E-state index contributed by atoms with van der Waals surface area (Å²) in [6.07, 6.45) is 3.79. The lowest BCUT2D eigenvalue weighted by atomic mass is 9.65. The van der Waals surface area contributed by atoms with Crippen LogP contribution in [0.4, 0.5) is 0 Å². The fraction of sp³-hybridized carbons (Fsp3) is 0.600. The number of hydrogen-bond donors (Lipinski definition) is 1. The van der Waals surface area contributed by atoms with Crippen molar-refractivity contribution in [2.45, 2.75) is 52.4 Å². The zero-order valence-electron chi connectivity index (χ0n) is 10.8. The molecular formula is C15H22O. The maximum absolute atomic E-state index is 9.85. The number of benzene rings is 1. The van der Waals surface area contributed by atoms with Crippen molar-refractivity contribution in [1.29, 1.82) is 0 Å². The summed E-state index contributed by atoms with van der Waals surface area (Å²) in [5, 5.41) is 9.85. The minimum absolute atomic E-state index is 0.207. The first-order valence-electron chi connectivity index (χ1n) is 6.17. The van der Waals surface area contributed by atoms with Crippen LogP contribution in [-0.2, 0) is 5.41 Å². The molecule has 0 aromatic heterocycles. The van der Waals surface area contributed by atoms with Gasteiger partial charge >= 0.3 is 0 Å². The highest BCUT2D eigenvalue weighted by Crippen LogP contribution is 2.54. The topological polar surface area (TPSA) is 20.2 Å². The van der Waals surface area contributed by atoms with Crippen LogP contribution >= 0.6 is 0 Å². The largest absolute Gasteiger partial charge is 0.508 e. The Labute approximate surface area is 98.5 Å². The summed E-state index contributed by atoms with van der Waals surface area (Å²) in [5.41, 5.74) is 2.79. The number of aryl methyl sites for hydroxylation is 1. The molecule has 0 amide bonds. The van der Waals surface area contributed by atoms with E-state index in [0.717, 1.165) is 5.56 Å². The van der Waals surface area contributed by atoms with Gasteiger partial charge in [-0.1, -0.05) is 39.3 Å². The van der Waals surface area contributed by atoms with Crippen LogP contribution in [0.2, 0.25) is 0 Å². The fourth-order valence-electron chi connectivity index (χ4n) is 2.99. The minimum Gasteiger partial charge on any atom is -0.508 e. The third-order valence-electron chi connectivity index (χ3n) is 4.82. The number of rotatable bonds is 1. The Kier molecular flexibility index (Phi) is 2.52. The molecule has 1 aromatic carbocycles. The average Bonchev–Trinajstić information content (AvgIpc) is 2.47. The molecule has 1 atom stereocenters. The van der Waals surface area contributed by atoms with Crippen LogP contribution < -0.4 is 0 Å². The van der Waals surface area contributed by atoms with Gasteiger partial charge in [0.05, 0.1) is 0 Å². The average molecular weight is 218 g/mol. The molecule has 0 spiro atoms. The molecule has 0 aliphatic heterocycles. The molecule has 2 rings (SSSR count). The quantitative estimate of drug-likeness (QED) is 0.750. The van der Waals surface area contributed by atoms with Gasteiger partial charge in [-0.15, -0.1) is 0 Å². The molecule has 0 saturated heterocycles. The van der Waals surface area contributed by atoms with E-state index in [1.54, 1.807) is 0 Å². The van der Waals surface area contributed by atoms with Gasteiger partial charge in [0, 0.05) is 0 Å². The van der Waals surface area contributed by atoms with E-state index < -0.39 is 0 Å². The van der Waals surface area contributed by atoms with E-state index in [4.69, 9.17) is 0 Å². The van der Waals surface area contributed by atoms with E-state index in [2.05, 4.69) is 26.8 Å². The van der Waals surface area contributed by atoms with E-state index >= 15 is 0 Å². The molecule has 1 aromatic rings. The summed E-state index contributed by atoms with van der Waals surface area (Å²) in [4.78, 5) is 0. The first-order valence-corrected chi connectivity index (χ1v) is 6.17. The molecule has 88 valence electrons. The van der Waals surface area contributed by atoms with Crippen molar-refractivity contribution in [2.75, 3.05) is 0 Å². The van der Waals surface area contributed by atoms with Crippen molar-refractivity contribution >= 4 is 0 Å². The zero-order valence-corrected chi connectivity index (χ0v) is 10.8. The van der Waals surface area contributed by atoms with Crippen molar-refractivity contribution in [2.24, 2.45) is 5.41 Å². The smallest absolute Gasteiger partial charge is 0.118 e.